The number of amides is 1. The van der Waals surface area contributed by atoms with Crippen LogP contribution in [-0.4, -0.2) is 43.6 Å². The number of fused-ring (bicyclic) bond motifs is 1. The maximum Gasteiger partial charge on any atom is 0.267 e. The van der Waals surface area contributed by atoms with Crippen molar-refractivity contribution < 1.29 is 4.79 Å². The number of aromatic nitrogens is 2. The molecule has 6 nitrogen and oxygen atoms in total. The highest BCUT2D eigenvalue weighted by Gasteiger charge is 2.35. The number of nitrogens with zero attached hydrogens (tertiary/aromatic N) is 4. The summed E-state index contributed by atoms with van der Waals surface area (Å²) in [7, 11) is 0. The molecule has 0 bridgehead atoms. The van der Waals surface area contributed by atoms with Gasteiger partial charge in [-0.3, -0.25) is 18.9 Å². The molecule has 1 amide bonds. The third-order valence-corrected chi connectivity index (χ3v) is 7.38. The van der Waals surface area contributed by atoms with Crippen molar-refractivity contribution in [3.63, 3.8) is 0 Å². The summed E-state index contributed by atoms with van der Waals surface area (Å²) in [5.41, 5.74) is 0.896. The number of hydrogen-bond acceptors (Lipinski definition) is 6. The van der Waals surface area contributed by atoms with Crippen LogP contribution in [0.3, 0.4) is 0 Å². The molecule has 31 heavy (non-hydrogen) atoms. The van der Waals surface area contributed by atoms with Crippen molar-refractivity contribution in [1.29, 1.82) is 0 Å². The number of piperidine rings is 1. The Kier molecular flexibility index (Phi) is 6.21. The van der Waals surface area contributed by atoms with Gasteiger partial charge in [0.25, 0.3) is 11.5 Å². The number of carbonyl (C=O) groups excluding carboxylic acids is 1. The van der Waals surface area contributed by atoms with Gasteiger partial charge in [-0.05, 0) is 49.8 Å². The van der Waals surface area contributed by atoms with E-state index in [-0.39, 0.29) is 17.5 Å². The number of carbonyl (C=O) groups is 1. The molecule has 2 aromatic heterocycles. The minimum atomic E-state index is -0.166. The maximum absolute atomic E-state index is 13.5. The van der Waals surface area contributed by atoms with E-state index >= 15 is 0 Å². The summed E-state index contributed by atoms with van der Waals surface area (Å²) in [4.78, 5) is 35.8. The summed E-state index contributed by atoms with van der Waals surface area (Å²) >= 11 is 6.74. The van der Waals surface area contributed by atoms with E-state index in [0.29, 0.717) is 38.1 Å². The lowest BCUT2D eigenvalue weighted by molar-refractivity contribution is -0.123. The van der Waals surface area contributed by atoms with Crippen LogP contribution in [0.4, 0.5) is 5.82 Å². The highest BCUT2D eigenvalue weighted by molar-refractivity contribution is 8.26. The summed E-state index contributed by atoms with van der Waals surface area (Å²) in [6, 6.07) is 5.56. The molecule has 0 spiro atoms. The SMILES string of the molecule is CCC(C)N1C(=O)C(=Cc2c(N3CC(C)CC(C)C3)nc3ccccn3c2=O)SC1=S. The van der Waals surface area contributed by atoms with E-state index in [0.717, 1.165) is 25.9 Å². The molecule has 2 fully saturated rings. The first-order valence-corrected chi connectivity index (χ1v) is 12.1. The van der Waals surface area contributed by atoms with Crippen LogP contribution in [0.5, 0.6) is 0 Å². The number of hydrogen-bond donors (Lipinski definition) is 0. The van der Waals surface area contributed by atoms with Gasteiger partial charge in [-0.1, -0.05) is 50.8 Å². The second-order valence-electron chi connectivity index (χ2n) is 8.74. The molecular formula is C23H28N4O2S2. The third kappa shape index (κ3) is 4.15. The van der Waals surface area contributed by atoms with Crippen molar-refractivity contribution in [3.8, 4) is 0 Å². The number of thioether (sulfide) groups is 1. The first-order valence-electron chi connectivity index (χ1n) is 10.8. The fraction of sp³-hybridized carbons (Fsp3) is 0.478. The molecule has 2 aliphatic heterocycles. The average Bonchev–Trinajstić information content (AvgIpc) is 3.01. The topological polar surface area (TPSA) is 57.9 Å². The van der Waals surface area contributed by atoms with Crippen LogP contribution in [0.25, 0.3) is 11.7 Å². The van der Waals surface area contributed by atoms with Crippen LogP contribution in [0, 0.1) is 11.8 Å². The van der Waals surface area contributed by atoms with Crippen molar-refractivity contribution in [1.82, 2.24) is 14.3 Å². The molecule has 164 valence electrons. The Bertz CT molecular complexity index is 1120. The first kappa shape index (κ1) is 22.0. The zero-order chi connectivity index (χ0) is 22.3. The van der Waals surface area contributed by atoms with Gasteiger partial charge in [0.05, 0.1) is 10.5 Å². The highest BCUT2D eigenvalue weighted by Crippen LogP contribution is 2.36. The van der Waals surface area contributed by atoms with Gasteiger partial charge in [0.1, 0.15) is 15.8 Å². The van der Waals surface area contributed by atoms with Gasteiger partial charge in [-0.15, -0.1) is 0 Å². The zero-order valence-electron chi connectivity index (χ0n) is 18.4. The monoisotopic (exact) mass is 456 g/mol. The van der Waals surface area contributed by atoms with Crippen LogP contribution < -0.4 is 10.5 Å². The van der Waals surface area contributed by atoms with Crippen molar-refractivity contribution in [2.45, 2.75) is 46.6 Å². The van der Waals surface area contributed by atoms with Gasteiger partial charge in [0.15, 0.2) is 0 Å². The number of pyridine rings is 1. The van der Waals surface area contributed by atoms with E-state index < -0.39 is 0 Å². The van der Waals surface area contributed by atoms with E-state index in [1.54, 1.807) is 21.6 Å². The lowest BCUT2D eigenvalue weighted by Gasteiger charge is -2.36. The highest BCUT2D eigenvalue weighted by atomic mass is 32.2. The van der Waals surface area contributed by atoms with E-state index in [1.165, 1.54) is 11.8 Å². The van der Waals surface area contributed by atoms with Gasteiger partial charge in [0, 0.05) is 25.3 Å². The first-order chi connectivity index (χ1) is 14.8. The Hall–Kier alpha value is -2.19. The Morgan fingerprint density at radius 3 is 2.65 bits per heavy atom. The van der Waals surface area contributed by atoms with Crippen LogP contribution in [0.1, 0.15) is 46.1 Å². The largest absolute Gasteiger partial charge is 0.355 e. The molecule has 2 aliphatic rings. The smallest absolute Gasteiger partial charge is 0.267 e. The summed E-state index contributed by atoms with van der Waals surface area (Å²) in [6.07, 6.45) is 5.40. The Balaban J connectivity index is 1.86. The zero-order valence-corrected chi connectivity index (χ0v) is 20.0. The second kappa shape index (κ2) is 8.74. The van der Waals surface area contributed by atoms with Crippen molar-refractivity contribution in [2.75, 3.05) is 18.0 Å². The third-order valence-electron chi connectivity index (χ3n) is 6.05. The lowest BCUT2D eigenvalue weighted by atomic mass is 9.91. The van der Waals surface area contributed by atoms with Crippen molar-refractivity contribution in [2.24, 2.45) is 11.8 Å². The van der Waals surface area contributed by atoms with E-state index in [9.17, 15) is 9.59 Å². The van der Waals surface area contributed by atoms with E-state index in [1.807, 2.05) is 32.0 Å². The van der Waals surface area contributed by atoms with Crippen LogP contribution in [0.15, 0.2) is 34.1 Å². The van der Waals surface area contributed by atoms with Crippen LogP contribution in [0.2, 0.25) is 0 Å². The van der Waals surface area contributed by atoms with Gasteiger partial charge in [0.2, 0.25) is 0 Å². The molecule has 2 aromatic rings. The molecule has 0 aliphatic carbocycles. The molecule has 0 aromatic carbocycles. The summed E-state index contributed by atoms with van der Waals surface area (Å²) in [6.45, 7) is 10.2. The van der Waals surface area contributed by atoms with Gasteiger partial charge >= 0.3 is 0 Å². The standard InChI is InChI=1S/C23H28N4O2S2/c1-5-16(4)27-22(29)18(31-23(27)30)11-17-20(25-12-14(2)10-15(3)13-25)24-19-8-6-7-9-26(19)21(17)28/h6-9,11,14-16H,5,10,12-13H2,1-4H3. The fourth-order valence-corrected chi connectivity index (χ4v) is 5.91. The number of thiocarbonyl (C=S) groups is 1. The molecule has 2 saturated heterocycles. The Morgan fingerprint density at radius 2 is 1.97 bits per heavy atom. The van der Waals surface area contributed by atoms with E-state index in [2.05, 4.69) is 18.7 Å². The van der Waals surface area contributed by atoms with E-state index in [4.69, 9.17) is 17.2 Å². The second-order valence-corrected chi connectivity index (χ2v) is 10.4. The number of rotatable bonds is 4. The van der Waals surface area contributed by atoms with Gasteiger partial charge in [-0.25, -0.2) is 4.98 Å². The van der Waals surface area contributed by atoms with Crippen LogP contribution in [-0.2, 0) is 4.79 Å². The minimum Gasteiger partial charge on any atom is -0.355 e. The van der Waals surface area contributed by atoms with Gasteiger partial charge < -0.3 is 4.90 Å². The molecule has 0 saturated carbocycles. The summed E-state index contributed by atoms with van der Waals surface area (Å²) in [5, 5.41) is 0. The van der Waals surface area contributed by atoms with Gasteiger partial charge in [-0.2, -0.15) is 0 Å². The molecule has 4 heterocycles. The molecular weight excluding hydrogens is 428 g/mol. The molecule has 0 N–H and O–H groups in total. The normalized spacial score (nSPS) is 24.5. The quantitative estimate of drug-likeness (QED) is 0.508. The molecule has 4 rings (SSSR count). The molecule has 3 unspecified atom stereocenters. The Morgan fingerprint density at radius 1 is 1.26 bits per heavy atom. The number of anilines is 1. The average molecular weight is 457 g/mol. The minimum absolute atomic E-state index is 0.0255. The lowest BCUT2D eigenvalue weighted by Crippen LogP contribution is -2.40. The fourth-order valence-electron chi connectivity index (χ4n) is 4.47. The van der Waals surface area contributed by atoms with Crippen molar-refractivity contribution >= 4 is 51.7 Å². The summed E-state index contributed by atoms with van der Waals surface area (Å²) < 4.78 is 2.09. The summed E-state index contributed by atoms with van der Waals surface area (Å²) in [5.74, 6) is 1.55. The van der Waals surface area contributed by atoms with Crippen LogP contribution >= 0.6 is 24.0 Å². The van der Waals surface area contributed by atoms with Crippen molar-refractivity contribution in [3.05, 3.63) is 45.2 Å². The maximum atomic E-state index is 13.5. The predicted molar refractivity (Wildman–Crippen MR) is 131 cm³/mol. The Labute approximate surface area is 192 Å². The predicted octanol–water partition coefficient (Wildman–Crippen LogP) is 4.18. The molecule has 3 atom stereocenters. The molecule has 0 radical (unpaired) electrons. The molecule has 8 heteroatoms.